The maximum absolute atomic E-state index is 13.3. The molecule has 9 heteroatoms. The standard InChI is InChI=1S/C30H33Cl2N3O4/c1-3-39-30(38)29-21(2)35(27(36)19-24(29)23-11-12-25(31)26(32)18-23)20-28(37)34-16-14-33(15-17-34)13-7-10-22-8-5-4-6-9-22/h4-12,18,24H,3,13-17,19-20H2,1-2H3. The number of carbonyl (C=O) groups excluding carboxylic acids is 3. The highest BCUT2D eigenvalue weighted by Crippen LogP contribution is 2.39. The number of carbonyl (C=O) groups is 3. The van der Waals surface area contributed by atoms with E-state index in [4.69, 9.17) is 27.9 Å². The van der Waals surface area contributed by atoms with E-state index in [1.807, 2.05) is 18.2 Å². The minimum Gasteiger partial charge on any atom is -0.463 e. The second kappa shape index (κ2) is 13.3. The molecule has 2 aromatic carbocycles. The summed E-state index contributed by atoms with van der Waals surface area (Å²) in [6, 6.07) is 15.2. The van der Waals surface area contributed by atoms with E-state index in [1.54, 1.807) is 36.9 Å². The molecule has 0 aliphatic carbocycles. The highest BCUT2D eigenvalue weighted by atomic mass is 35.5. The summed E-state index contributed by atoms with van der Waals surface area (Å²) < 4.78 is 5.33. The van der Waals surface area contributed by atoms with Gasteiger partial charge in [0.25, 0.3) is 0 Å². The summed E-state index contributed by atoms with van der Waals surface area (Å²) in [7, 11) is 0. The Morgan fingerprint density at radius 2 is 1.74 bits per heavy atom. The average molecular weight is 571 g/mol. The van der Waals surface area contributed by atoms with Crippen LogP contribution < -0.4 is 0 Å². The number of esters is 1. The molecule has 4 rings (SSSR count). The van der Waals surface area contributed by atoms with Crippen LogP contribution in [-0.2, 0) is 19.1 Å². The Balaban J connectivity index is 1.42. The Labute approximate surface area is 239 Å². The largest absolute Gasteiger partial charge is 0.463 e. The third kappa shape index (κ3) is 7.10. The van der Waals surface area contributed by atoms with Gasteiger partial charge in [0.05, 0.1) is 22.2 Å². The third-order valence-electron chi connectivity index (χ3n) is 7.16. The van der Waals surface area contributed by atoms with Gasteiger partial charge in [0.2, 0.25) is 11.8 Å². The van der Waals surface area contributed by atoms with Crippen LogP contribution in [0.4, 0.5) is 0 Å². The van der Waals surface area contributed by atoms with Crippen LogP contribution in [0.3, 0.4) is 0 Å². The first-order chi connectivity index (χ1) is 18.8. The molecule has 206 valence electrons. The number of amides is 2. The summed E-state index contributed by atoms with van der Waals surface area (Å²) in [6.07, 6.45) is 4.26. The topological polar surface area (TPSA) is 70.2 Å². The van der Waals surface area contributed by atoms with Gasteiger partial charge in [0.15, 0.2) is 0 Å². The molecule has 2 aliphatic rings. The lowest BCUT2D eigenvalue weighted by molar-refractivity contribution is -0.143. The summed E-state index contributed by atoms with van der Waals surface area (Å²) >= 11 is 12.3. The van der Waals surface area contributed by atoms with Gasteiger partial charge in [0, 0.05) is 50.8 Å². The molecule has 2 heterocycles. The molecule has 0 N–H and O–H groups in total. The summed E-state index contributed by atoms with van der Waals surface area (Å²) in [5, 5.41) is 0.732. The molecule has 7 nitrogen and oxygen atoms in total. The Morgan fingerprint density at radius 1 is 1.03 bits per heavy atom. The van der Waals surface area contributed by atoms with Crippen LogP contribution in [0.15, 0.2) is 65.9 Å². The molecule has 0 spiro atoms. The monoisotopic (exact) mass is 569 g/mol. The predicted octanol–water partition coefficient (Wildman–Crippen LogP) is 5.00. The highest BCUT2D eigenvalue weighted by molar-refractivity contribution is 6.42. The number of ether oxygens (including phenoxy) is 1. The molecule has 0 bridgehead atoms. The predicted molar refractivity (Wildman–Crippen MR) is 153 cm³/mol. The SMILES string of the molecule is CCOC(=O)C1=C(C)N(CC(=O)N2CCN(CC=Cc3ccccc3)CC2)C(=O)CC1c1ccc(Cl)c(Cl)c1. The molecule has 39 heavy (non-hydrogen) atoms. The van der Waals surface area contributed by atoms with Gasteiger partial charge in [0.1, 0.15) is 6.54 Å². The fourth-order valence-corrected chi connectivity index (χ4v) is 5.31. The fourth-order valence-electron chi connectivity index (χ4n) is 5.01. The van der Waals surface area contributed by atoms with E-state index in [-0.39, 0.29) is 31.4 Å². The van der Waals surface area contributed by atoms with Crippen molar-refractivity contribution in [2.45, 2.75) is 26.2 Å². The molecule has 1 saturated heterocycles. The number of rotatable bonds is 8. The van der Waals surface area contributed by atoms with E-state index in [1.165, 1.54) is 4.90 Å². The molecule has 0 aromatic heterocycles. The molecule has 2 aromatic rings. The summed E-state index contributed by atoms with van der Waals surface area (Å²) in [4.78, 5) is 45.0. The molecule has 0 saturated carbocycles. The quantitative estimate of drug-likeness (QED) is 0.418. The highest BCUT2D eigenvalue weighted by Gasteiger charge is 2.38. The van der Waals surface area contributed by atoms with Gasteiger partial charge in [-0.25, -0.2) is 4.79 Å². The molecule has 2 aliphatic heterocycles. The van der Waals surface area contributed by atoms with Gasteiger partial charge < -0.3 is 14.5 Å². The van der Waals surface area contributed by atoms with Crippen molar-refractivity contribution in [1.29, 1.82) is 0 Å². The van der Waals surface area contributed by atoms with Crippen LogP contribution in [-0.4, -0.2) is 78.4 Å². The Morgan fingerprint density at radius 3 is 2.41 bits per heavy atom. The molecular weight excluding hydrogens is 537 g/mol. The molecule has 1 atom stereocenters. The number of piperazine rings is 1. The Kier molecular flexibility index (Phi) is 9.83. The maximum atomic E-state index is 13.3. The zero-order valence-electron chi connectivity index (χ0n) is 22.2. The van der Waals surface area contributed by atoms with Crippen molar-refractivity contribution in [1.82, 2.24) is 14.7 Å². The van der Waals surface area contributed by atoms with Crippen LogP contribution in [0.25, 0.3) is 6.08 Å². The summed E-state index contributed by atoms with van der Waals surface area (Å²) in [6.45, 7) is 6.98. The lowest BCUT2D eigenvalue weighted by atomic mass is 9.83. The second-order valence-corrected chi connectivity index (χ2v) is 10.4. The van der Waals surface area contributed by atoms with E-state index in [2.05, 4.69) is 29.2 Å². The van der Waals surface area contributed by atoms with Gasteiger partial charge in [-0.2, -0.15) is 0 Å². The van der Waals surface area contributed by atoms with E-state index in [0.29, 0.717) is 40.0 Å². The number of hydrogen-bond acceptors (Lipinski definition) is 5. The van der Waals surface area contributed by atoms with Crippen LogP contribution >= 0.6 is 23.2 Å². The minimum atomic E-state index is -0.537. The molecule has 2 amide bonds. The zero-order chi connectivity index (χ0) is 27.9. The van der Waals surface area contributed by atoms with Crippen molar-refractivity contribution >= 4 is 47.1 Å². The van der Waals surface area contributed by atoms with Crippen LogP contribution in [0.1, 0.15) is 37.3 Å². The van der Waals surface area contributed by atoms with E-state index in [0.717, 1.165) is 25.2 Å². The summed E-state index contributed by atoms with van der Waals surface area (Å²) in [5.74, 6) is -1.41. The van der Waals surface area contributed by atoms with Gasteiger partial charge in [-0.15, -0.1) is 0 Å². The van der Waals surface area contributed by atoms with Gasteiger partial charge in [-0.3, -0.25) is 14.5 Å². The number of hydrogen-bond donors (Lipinski definition) is 0. The van der Waals surface area contributed by atoms with Crippen molar-refractivity contribution in [2.75, 3.05) is 45.9 Å². The fraction of sp³-hybridized carbons (Fsp3) is 0.367. The third-order valence-corrected chi connectivity index (χ3v) is 7.90. The maximum Gasteiger partial charge on any atom is 0.336 e. The first kappa shape index (κ1) is 28.9. The lowest BCUT2D eigenvalue weighted by Crippen LogP contribution is -2.52. The number of nitrogens with zero attached hydrogens (tertiary/aromatic N) is 3. The first-order valence-electron chi connectivity index (χ1n) is 13.1. The minimum absolute atomic E-state index is 0.0260. The summed E-state index contributed by atoms with van der Waals surface area (Å²) in [5.41, 5.74) is 2.64. The van der Waals surface area contributed by atoms with Gasteiger partial charge in [-0.05, 0) is 37.1 Å². The smallest absolute Gasteiger partial charge is 0.336 e. The zero-order valence-corrected chi connectivity index (χ0v) is 23.8. The van der Waals surface area contributed by atoms with Crippen LogP contribution in [0.2, 0.25) is 10.0 Å². The number of halogens is 2. The molecule has 1 fully saturated rings. The molecule has 0 radical (unpaired) electrons. The van der Waals surface area contributed by atoms with Crippen LogP contribution in [0, 0.1) is 0 Å². The van der Waals surface area contributed by atoms with Crippen molar-refractivity contribution in [3.05, 3.63) is 87.0 Å². The van der Waals surface area contributed by atoms with E-state index in [9.17, 15) is 14.4 Å². The number of allylic oxidation sites excluding steroid dienone is 1. The lowest BCUT2D eigenvalue weighted by Gasteiger charge is -2.37. The van der Waals surface area contributed by atoms with Crippen molar-refractivity contribution < 1.29 is 19.1 Å². The molecular formula is C30H33Cl2N3O4. The second-order valence-electron chi connectivity index (χ2n) is 9.62. The van der Waals surface area contributed by atoms with Gasteiger partial charge >= 0.3 is 5.97 Å². The molecule has 1 unspecified atom stereocenters. The van der Waals surface area contributed by atoms with Crippen molar-refractivity contribution in [3.63, 3.8) is 0 Å². The Hall–Kier alpha value is -3.13. The van der Waals surface area contributed by atoms with Gasteiger partial charge in [-0.1, -0.05) is 71.8 Å². The van der Waals surface area contributed by atoms with E-state index >= 15 is 0 Å². The van der Waals surface area contributed by atoms with Crippen molar-refractivity contribution in [2.24, 2.45) is 0 Å². The average Bonchev–Trinajstić information content (AvgIpc) is 2.93. The van der Waals surface area contributed by atoms with E-state index < -0.39 is 11.9 Å². The van der Waals surface area contributed by atoms with Crippen molar-refractivity contribution in [3.8, 4) is 0 Å². The first-order valence-corrected chi connectivity index (χ1v) is 13.9. The van der Waals surface area contributed by atoms with Crippen LogP contribution in [0.5, 0.6) is 0 Å². The Bertz CT molecular complexity index is 1270. The number of benzene rings is 2. The normalized spacial score (nSPS) is 18.7.